The lowest BCUT2D eigenvalue weighted by Gasteiger charge is -2.33. The number of nitrogens with zero attached hydrogens (tertiary/aromatic N) is 10. The summed E-state index contributed by atoms with van der Waals surface area (Å²) >= 11 is 6.43. The fourth-order valence-electron chi connectivity index (χ4n) is 7.01. The van der Waals surface area contributed by atoms with Gasteiger partial charge in [-0.25, -0.2) is 23.8 Å². The van der Waals surface area contributed by atoms with Crippen LogP contribution in [-0.4, -0.2) is 78.4 Å². The number of H-pyrrole nitrogens is 1. The number of aromatic nitrogens is 10. The highest BCUT2D eigenvalue weighted by atomic mass is 35.5. The van der Waals surface area contributed by atoms with Crippen LogP contribution in [0.5, 0.6) is 0 Å². The SMILES string of the molecule is Cn1cc(-c2c[nH]n3c(=O)cc(C4CCCN(C(=O)OC(C)(C)C)C4)nc23)cn1.Cn1cc(-c2cnn3c(Cl)cc(C4CCCCC4)nc23)cn1. The number of hydrogen-bond donors (Lipinski definition) is 1. The topological polar surface area (TPSA) is 146 Å². The molecule has 1 atom stereocenters. The first kappa shape index (κ1) is 34.5. The van der Waals surface area contributed by atoms with Gasteiger partial charge < -0.3 is 9.64 Å². The standard InChI is InChI=1S/C20H26N6O3.C16H18ClN5/c1-20(2,3)29-19(28)25-7-5-6-13(12-25)16-8-17(27)26-18(23-16)15(10-22-26)14-9-21-24(4)11-14;1-21-10-12(8-18-21)13-9-19-22-15(17)7-14(20-16(13)22)11-5-3-2-4-6-11/h8-11,13,22H,5-7,12H2,1-4H3;7-11H,2-6H2,1H3. The van der Waals surface area contributed by atoms with E-state index in [1.165, 1.54) is 36.6 Å². The van der Waals surface area contributed by atoms with Gasteiger partial charge in [-0.1, -0.05) is 30.9 Å². The number of halogens is 1. The second-order valence-corrected chi connectivity index (χ2v) is 15.0. The van der Waals surface area contributed by atoms with Crippen LogP contribution in [0.2, 0.25) is 5.15 Å². The quantitative estimate of drug-likeness (QED) is 0.208. The summed E-state index contributed by atoms with van der Waals surface area (Å²) in [6.07, 6.45) is 18.7. The maximum Gasteiger partial charge on any atom is 0.410 e. The number of fused-ring (bicyclic) bond motifs is 2. The van der Waals surface area contributed by atoms with Crippen LogP contribution in [0.1, 0.15) is 88.9 Å². The summed E-state index contributed by atoms with van der Waals surface area (Å²) in [6, 6.07) is 3.53. The molecule has 8 rings (SSSR count). The summed E-state index contributed by atoms with van der Waals surface area (Å²) in [5.74, 6) is 0.513. The van der Waals surface area contributed by atoms with Gasteiger partial charge in [0.1, 0.15) is 10.8 Å². The number of rotatable bonds is 4. The van der Waals surface area contributed by atoms with Crippen LogP contribution in [0, 0.1) is 0 Å². The summed E-state index contributed by atoms with van der Waals surface area (Å²) in [6.45, 7) is 6.71. The van der Waals surface area contributed by atoms with Crippen LogP contribution in [0.3, 0.4) is 0 Å². The molecule has 1 N–H and O–H groups in total. The minimum Gasteiger partial charge on any atom is -0.444 e. The molecule has 7 heterocycles. The van der Waals surface area contributed by atoms with Crippen LogP contribution >= 0.6 is 11.6 Å². The number of aryl methyl sites for hydroxylation is 2. The summed E-state index contributed by atoms with van der Waals surface area (Å²) in [4.78, 5) is 36.5. The number of hydrogen-bond acceptors (Lipinski definition) is 8. The number of carbonyl (C=O) groups is 1. The minimum atomic E-state index is -0.538. The van der Waals surface area contributed by atoms with Crippen molar-refractivity contribution in [3.63, 3.8) is 0 Å². The number of aromatic amines is 1. The number of piperidine rings is 1. The maximum absolute atomic E-state index is 12.7. The summed E-state index contributed by atoms with van der Waals surface area (Å²) in [5.41, 5.74) is 6.17. The van der Waals surface area contributed by atoms with Gasteiger partial charge in [0.15, 0.2) is 11.3 Å². The first-order valence-electron chi connectivity index (χ1n) is 17.5. The van der Waals surface area contributed by atoms with Crippen molar-refractivity contribution < 1.29 is 9.53 Å². The first-order chi connectivity index (χ1) is 24.4. The van der Waals surface area contributed by atoms with E-state index < -0.39 is 5.60 Å². The van der Waals surface area contributed by atoms with E-state index in [0.717, 1.165) is 46.4 Å². The third kappa shape index (κ3) is 7.41. The molecule has 2 fully saturated rings. The lowest BCUT2D eigenvalue weighted by Crippen LogP contribution is -2.42. The normalized spacial score (nSPS) is 17.1. The molecule has 6 aromatic heterocycles. The van der Waals surface area contributed by atoms with E-state index in [0.29, 0.717) is 35.5 Å². The van der Waals surface area contributed by atoms with E-state index in [2.05, 4.69) is 20.4 Å². The largest absolute Gasteiger partial charge is 0.444 e. The van der Waals surface area contributed by atoms with Crippen molar-refractivity contribution in [2.75, 3.05) is 13.1 Å². The molecule has 1 unspecified atom stereocenters. The average Bonchev–Trinajstić information content (AvgIpc) is 3.91. The number of carbonyl (C=O) groups excluding carboxylic acids is 1. The monoisotopic (exact) mass is 713 g/mol. The van der Waals surface area contributed by atoms with Gasteiger partial charge in [0.25, 0.3) is 5.56 Å². The van der Waals surface area contributed by atoms with Crippen molar-refractivity contribution in [3.05, 3.63) is 76.2 Å². The molecule has 1 aliphatic carbocycles. The van der Waals surface area contributed by atoms with Gasteiger partial charge in [0.2, 0.25) is 0 Å². The van der Waals surface area contributed by atoms with E-state index in [1.54, 1.807) is 37.2 Å². The van der Waals surface area contributed by atoms with Crippen LogP contribution in [0.15, 0.2) is 54.1 Å². The lowest BCUT2D eigenvalue weighted by molar-refractivity contribution is 0.0197. The van der Waals surface area contributed by atoms with Crippen LogP contribution in [0.25, 0.3) is 33.5 Å². The van der Waals surface area contributed by atoms with E-state index >= 15 is 0 Å². The molecule has 0 aromatic carbocycles. The Morgan fingerprint density at radius 3 is 2.16 bits per heavy atom. The zero-order chi connectivity index (χ0) is 35.9. The van der Waals surface area contributed by atoms with Gasteiger partial charge in [-0.3, -0.25) is 19.3 Å². The Kier molecular flexibility index (Phi) is 9.44. The molecule has 1 saturated carbocycles. The molecular weight excluding hydrogens is 670 g/mol. The summed E-state index contributed by atoms with van der Waals surface area (Å²) in [7, 11) is 3.75. The second kappa shape index (κ2) is 14.0. The van der Waals surface area contributed by atoms with Gasteiger partial charge >= 0.3 is 6.09 Å². The van der Waals surface area contributed by atoms with Crippen molar-refractivity contribution in [1.82, 2.24) is 53.7 Å². The molecule has 268 valence electrons. The van der Waals surface area contributed by atoms with Gasteiger partial charge in [-0.05, 0) is 52.5 Å². The molecule has 0 radical (unpaired) electrons. The maximum atomic E-state index is 12.7. The van der Waals surface area contributed by atoms with Crippen molar-refractivity contribution in [2.24, 2.45) is 14.1 Å². The Morgan fingerprint density at radius 2 is 1.49 bits per heavy atom. The highest BCUT2D eigenvalue weighted by molar-refractivity contribution is 6.29. The van der Waals surface area contributed by atoms with E-state index in [4.69, 9.17) is 26.3 Å². The molecule has 0 spiro atoms. The summed E-state index contributed by atoms with van der Waals surface area (Å²) in [5, 5.41) is 16.4. The van der Waals surface area contributed by atoms with Crippen LogP contribution in [0.4, 0.5) is 4.79 Å². The molecule has 2 aliphatic rings. The smallest absolute Gasteiger partial charge is 0.410 e. The number of likely N-dealkylation sites (tertiary alicyclic amines) is 1. The predicted octanol–water partition coefficient (Wildman–Crippen LogP) is 6.37. The van der Waals surface area contributed by atoms with Crippen molar-refractivity contribution >= 4 is 29.0 Å². The Hall–Kier alpha value is -4.98. The Labute approximate surface area is 300 Å². The molecular formula is C36H44ClN11O3. The molecule has 51 heavy (non-hydrogen) atoms. The first-order valence-corrected chi connectivity index (χ1v) is 17.9. The Balaban J connectivity index is 0.000000165. The van der Waals surface area contributed by atoms with Crippen molar-refractivity contribution in [1.29, 1.82) is 0 Å². The predicted molar refractivity (Wildman–Crippen MR) is 194 cm³/mol. The molecule has 6 aromatic rings. The average molecular weight is 714 g/mol. The van der Waals surface area contributed by atoms with E-state index in [-0.39, 0.29) is 17.6 Å². The zero-order valence-electron chi connectivity index (χ0n) is 29.7. The number of ether oxygens (including phenoxy) is 1. The van der Waals surface area contributed by atoms with Crippen molar-refractivity contribution in [2.45, 2.75) is 83.2 Å². The summed E-state index contributed by atoms with van der Waals surface area (Å²) < 4.78 is 12.1. The number of nitrogens with one attached hydrogen (secondary N) is 1. The van der Waals surface area contributed by atoms with Crippen molar-refractivity contribution in [3.8, 4) is 22.3 Å². The molecule has 0 bridgehead atoms. The molecule has 15 heteroatoms. The van der Waals surface area contributed by atoms with E-state index in [9.17, 15) is 9.59 Å². The van der Waals surface area contributed by atoms with Crippen LogP contribution < -0.4 is 5.56 Å². The highest BCUT2D eigenvalue weighted by Gasteiger charge is 2.30. The fraction of sp³-hybridized carbons (Fsp3) is 0.472. The molecule has 1 amide bonds. The van der Waals surface area contributed by atoms with Crippen LogP contribution in [-0.2, 0) is 18.8 Å². The highest BCUT2D eigenvalue weighted by Crippen LogP contribution is 2.34. The third-order valence-corrected chi connectivity index (χ3v) is 9.78. The second-order valence-electron chi connectivity index (χ2n) is 14.6. The van der Waals surface area contributed by atoms with Gasteiger partial charge in [-0.2, -0.15) is 15.3 Å². The van der Waals surface area contributed by atoms with Gasteiger partial charge in [0.05, 0.1) is 24.3 Å². The van der Waals surface area contributed by atoms with Gasteiger partial charge in [-0.15, -0.1) is 0 Å². The third-order valence-electron chi connectivity index (χ3n) is 9.51. The minimum absolute atomic E-state index is 0.00869. The van der Waals surface area contributed by atoms with E-state index in [1.807, 2.05) is 65.7 Å². The Bertz CT molecular complexity index is 2230. The zero-order valence-corrected chi connectivity index (χ0v) is 30.5. The molecule has 1 saturated heterocycles. The fourth-order valence-corrected chi connectivity index (χ4v) is 7.24. The number of amides is 1. The van der Waals surface area contributed by atoms with Gasteiger partial charge in [0, 0.05) is 91.6 Å². The molecule has 14 nitrogen and oxygen atoms in total. The Morgan fingerprint density at radius 1 is 0.843 bits per heavy atom. The molecule has 1 aliphatic heterocycles. The lowest BCUT2D eigenvalue weighted by atomic mass is 9.87.